The fourth-order valence-electron chi connectivity index (χ4n) is 3.00. The number of ether oxygens (including phenoxy) is 1. The van der Waals surface area contributed by atoms with E-state index in [4.69, 9.17) is 9.84 Å². The molecule has 1 aliphatic rings. The molecule has 1 heterocycles. The summed E-state index contributed by atoms with van der Waals surface area (Å²) >= 11 is 0. The standard InChI is InChI=1S/C16H28N2O5.H2O/c1-2-3-4-5-6-7-14-17-8-9-18(14,12-15(19)20)10-11-23-13-16(21)22;/h2-13H2,1H3,(H-,19,20,21,22);1H2. The highest BCUT2D eigenvalue weighted by Gasteiger charge is 2.39. The third-order valence-electron chi connectivity index (χ3n) is 4.20. The van der Waals surface area contributed by atoms with Gasteiger partial charge in [-0.15, -0.1) is 0 Å². The van der Waals surface area contributed by atoms with Gasteiger partial charge in [-0.1, -0.05) is 32.6 Å². The lowest BCUT2D eigenvalue weighted by molar-refractivity contribution is -0.829. The van der Waals surface area contributed by atoms with Gasteiger partial charge in [-0.3, -0.25) is 4.48 Å². The van der Waals surface area contributed by atoms with Gasteiger partial charge in [-0.25, -0.2) is 14.6 Å². The van der Waals surface area contributed by atoms with Crippen LogP contribution in [0.3, 0.4) is 0 Å². The van der Waals surface area contributed by atoms with Gasteiger partial charge in [0.2, 0.25) is 0 Å². The van der Waals surface area contributed by atoms with Gasteiger partial charge < -0.3 is 20.4 Å². The first-order valence-electron chi connectivity index (χ1n) is 8.41. The third kappa shape index (κ3) is 7.85. The molecule has 0 aliphatic carbocycles. The fraction of sp³-hybridized carbons (Fsp3) is 0.812. The molecule has 1 rings (SSSR count). The van der Waals surface area contributed by atoms with Crippen LogP contribution in [0.5, 0.6) is 0 Å². The number of hydrogen-bond donors (Lipinski definition) is 2. The second-order valence-electron chi connectivity index (χ2n) is 6.05. The molecule has 0 amide bonds. The molecule has 0 saturated carbocycles. The summed E-state index contributed by atoms with van der Waals surface area (Å²) < 4.78 is 5.41. The summed E-state index contributed by atoms with van der Waals surface area (Å²) in [5, 5.41) is 17.8. The third-order valence-corrected chi connectivity index (χ3v) is 4.20. The molecule has 0 saturated heterocycles. The highest BCUT2D eigenvalue weighted by atomic mass is 16.5. The van der Waals surface area contributed by atoms with Crippen LogP contribution in [0.4, 0.5) is 0 Å². The zero-order chi connectivity index (χ0) is 17.1. The van der Waals surface area contributed by atoms with Crippen molar-refractivity contribution in [2.45, 2.75) is 45.4 Å². The molecule has 8 heteroatoms. The van der Waals surface area contributed by atoms with Crippen LogP contribution in [-0.4, -0.2) is 77.3 Å². The van der Waals surface area contributed by atoms with E-state index in [9.17, 15) is 14.7 Å². The largest absolute Gasteiger partial charge is 0.870 e. The Morgan fingerprint density at radius 2 is 1.88 bits per heavy atom. The van der Waals surface area contributed by atoms with Gasteiger partial charge in [-0.2, -0.15) is 0 Å². The van der Waals surface area contributed by atoms with Gasteiger partial charge >= 0.3 is 11.9 Å². The van der Waals surface area contributed by atoms with Crippen LogP contribution >= 0.6 is 0 Å². The minimum atomic E-state index is -1.01. The molecule has 1 aliphatic heterocycles. The zero-order valence-electron chi connectivity index (χ0n) is 14.4. The number of aliphatic carboxylic acids is 2. The second kappa shape index (κ2) is 11.9. The summed E-state index contributed by atoms with van der Waals surface area (Å²) in [6, 6.07) is 0. The fourth-order valence-corrected chi connectivity index (χ4v) is 3.00. The Balaban J connectivity index is 0.00000529. The maximum Gasteiger partial charge on any atom is 0.359 e. The van der Waals surface area contributed by atoms with Crippen LogP contribution in [-0.2, 0) is 14.3 Å². The van der Waals surface area contributed by atoms with Gasteiger partial charge in [-0.05, 0) is 6.42 Å². The number of unbranched alkanes of at least 4 members (excludes halogenated alkanes) is 4. The molecular weight excluding hydrogens is 316 g/mol. The van der Waals surface area contributed by atoms with Crippen LogP contribution in [0.1, 0.15) is 45.4 Å². The van der Waals surface area contributed by atoms with Crippen LogP contribution in [0, 0.1) is 0 Å². The van der Waals surface area contributed by atoms with Gasteiger partial charge in [0, 0.05) is 6.42 Å². The smallest absolute Gasteiger partial charge is 0.359 e. The first kappa shape index (κ1) is 22.5. The Morgan fingerprint density at radius 1 is 1.17 bits per heavy atom. The molecule has 0 bridgehead atoms. The lowest BCUT2D eigenvalue weighted by Gasteiger charge is -2.33. The van der Waals surface area contributed by atoms with Crippen LogP contribution in [0.15, 0.2) is 4.99 Å². The molecule has 0 aromatic heterocycles. The number of amidine groups is 1. The Bertz CT molecular complexity index is 427. The van der Waals surface area contributed by atoms with E-state index < -0.39 is 11.9 Å². The van der Waals surface area contributed by atoms with E-state index in [-0.39, 0.29) is 25.2 Å². The summed E-state index contributed by atoms with van der Waals surface area (Å²) in [5.74, 6) is -0.937. The highest BCUT2D eigenvalue weighted by molar-refractivity contribution is 5.80. The number of carbonyl (C=O) groups is 2. The van der Waals surface area contributed by atoms with Crippen molar-refractivity contribution in [2.24, 2.45) is 4.99 Å². The minimum Gasteiger partial charge on any atom is -0.870 e. The van der Waals surface area contributed by atoms with Crippen molar-refractivity contribution in [3.05, 3.63) is 0 Å². The molecular formula is C16H30N2O6. The molecule has 1 unspecified atom stereocenters. The number of nitrogens with zero attached hydrogens (tertiary/aromatic N) is 2. The van der Waals surface area contributed by atoms with Crippen LogP contribution < -0.4 is 0 Å². The number of quaternary nitrogens is 1. The van der Waals surface area contributed by atoms with Crippen LogP contribution in [0.2, 0.25) is 0 Å². The molecule has 1 atom stereocenters. The number of rotatable bonds is 13. The lowest BCUT2D eigenvalue weighted by Crippen LogP contribution is -2.55. The van der Waals surface area contributed by atoms with Gasteiger partial charge in [0.25, 0.3) is 0 Å². The van der Waals surface area contributed by atoms with E-state index in [1.165, 1.54) is 19.3 Å². The average molecular weight is 346 g/mol. The maximum atomic E-state index is 11.3. The van der Waals surface area contributed by atoms with E-state index >= 15 is 0 Å². The van der Waals surface area contributed by atoms with Crippen LogP contribution in [0.25, 0.3) is 0 Å². The Kier molecular flexibility index (Phi) is 11.2. The number of carboxylic acids is 2. The van der Waals surface area contributed by atoms with Crippen molar-refractivity contribution < 1.29 is 34.5 Å². The van der Waals surface area contributed by atoms with Crippen molar-refractivity contribution >= 4 is 17.8 Å². The molecule has 8 nitrogen and oxygen atoms in total. The maximum absolute atomic E-state index is 11.3. The van der Waals surface area contributed by atoms with E-state index in [2.05, 4.69) is 11.9 Å². The molecule has 24 heavy (non-hydrogen) atoms. The van der Waals surface area contributed by atoms with E-state index in [0.29, 0.717) is 24.1 Å². The molecule has 0 fully saturated rings. The van der Waals surface area contributed by atoms with Gasteiger partial charge in [0.15, 0.2) is 12.4 Å². The highest BCUT2D eigenvalue weighted by Crippen LogP contribution is 2.20. The molecule has 0 aromatic rings. The molecule has 0 radical (unpaired) electrons. The Morgan fingerprint density at radius 3 is 2.50 bits per heavy atom. The Labute approximate surface area is 143 Å². The van der Waals surface area contributed by atoms with E-state index in [1.807, 2.05) is 0 Å². The molecule has 3 N–H and O–H groups in total. The zero-order valence-corrected chi connectivity index (χ0v) is 14.4. The molecule has 0 aromatic carbocycles. The quantitative estimate of drug-likeness (QED) is 0.385. The van der Waals surface area contributed by atoms with Crippen molar-refractivity contribution in [3.63, 3.8) is 0 Å². The summed E-state index contributed by atoms with van der Waals surface area (Å²) in [6.45, 7) is 3.80. The normalized spacial score (nSPS) is 19.6. The van der Waals surface area contributed by atoms with Crippen molar-refractivity contribution in [1.29, 1.82) is 0 Å². The molecule has 140 valence electrons. The van der Waals surface area contributed by atoms with Crippen molar-refractivity contribution in [1.82, 2.24) is 0 Å². The first-order valence-corrected chi connectivity index (χ1v) is 8.41. The average Bonchev–Trinajstić information content (AvgIpc) is 2.85. The number of aliphatic imine (C=N–C) groups is 1. The predicted molar refractivity (Wildman–Crippen MR) is 88.6 cm³/mol. The Hall–Kier alpha value is -1.51. The summed E-state index contributed by atoms with van der Waals surface area (Å²) in [6.07, 6.45) is 6.59. The number of carboxylic acid groups (broad SMARTS) is 2. The van der Waals surface area contributed by atoms with E-state index in [0.717, 1.165) is 25.1 Å². The lowest BCUT2D eigenvalue weighted by atomic mass is 10.1. The van der Waals surface area contributed by atoms with Gasteiger partial charge in [0.05, 0.1) is 13.2 Å². The van der Waals surface area contributed by atoms with Gasteiger partial charge in [0.1, 0.15) is 19.7 Å². The summed E-state index contributed by atoms with van der Waals surface area (Å²) in [7, 11) is 0. The SMILES string of the molecule is CCCCCCCC1=NCC[N+]1(CCOCC(=O)O)CC(=O)O.[OH-]. The number of hydrogen-bond acceptors (Lipinski definition) is 5. The first-order chi connectivity index (χ1) is 11.0. The van der Waals surface area contributed by atoms with Crippen molar-refractivity contribution in [3.8, 4) is 0 Å². The molecule has 0 spiro atoms. The van der Waals surface area contributed by atoms with Crippen molar-refractivity contribution in [2.75, 3.05) is 39.4 Å². The summed E-state index contributed by atoms with van der Waals surface area (Å²) in [5.41, 5.74) is 0. The minimum absolute atomic E-state index is 0. The monoisotopic (exact) mass is 346 g/mol. The second-order valence-corrected chi connectivity index (χ2v) is 6.05. The van der Waals surface area contributed by atoms with E-state index in [1.54, 1.807) is 0 Å². The predicted octanol–water partition coefficient (Wildman–Crippen LogP) is 1.58. The topological polar surface area (TPSA) is 126 Å². The summed E-state index contributed by atoms with van der Waals surface area (Å²) in [4.78, 5) is 26.3.